The fourth-order valence-corrected chi connectivity index (χ4v) is 5.38. The average molecular weight is 543 g/mol. The normalized spacial score (nSPS) is 20.4. The van der Waals surface area contributed by atoms with Gasteiger partial charge in [0.1, 0.15) is 27.4 Å². The Morgan fingerprint density at radius 1 is 1.22 bits per heavy atom. The van der Waals surface area contributed by atoms with Crippen LogP contribution in [0.25, 0.3) is 21.7 Å². The first-order chi connectivity index (χ1) is 18.0. The predicted molar refractivity (Wildman–Crippen MR) is 141 cm³/mol. The Hall–Kier alpha value is -3.50. The number of aromatic nitrogens is 3. The van der Waals surface area contributed by atoms with Crippen molar-refractivity contribution in [2.24, 2.45) is 5.11 Å². The zero-order valence-corrected chi connectivity index (χ0v) is 21.9. The van der Waals surface area contributed by atoms with Gasteiger partial charge in [-0.3, -0.25) is 0 Å². The summed E-state index contributed by atoms with van der Waals surface area (Å²) in [6.07, 6.45) is 4.09. The lowest BCUT2D eigenvalue weighted by atomic mass is 9.95. The fourth-order valence-electron chi connectivity index (χ4n) is 4.70. The molecule has 13 heteroatoms. The van der Waals surface area contributed by atoms with Crippen molar-refractivity contribution in [1.29, 1.82) is 0 Å². The molecule has 4 heterocycles. The second-order valence-corrected chi connectivity index (χ2v) is 9.32. The number of ether oxygens (including phenoxy) is 3. The molecule has 2 aliphatic rings. The van der Waals surface area contributed by atoms with Gasteiger partial charge in [-0.2, -0.15) is 0 Å². The Balaban J connectivity index is 1.60. The molecule has 3 aromatic rings. The number of rotatable bonds is 6. The predicted octanol–water partition coefficient (Wildman–Crippen LogP) is 5.96. The van der Waals surface area contributed by atoms with E-state index in [4.69, 9.17) is 47.9 Å². The van der Waals surface area contributed by atoms with E-state index in [2.05, 4.69) is 25.3 Å². The quantitative estimate of drug-likeness (QED) is 0.229. The second kappa shape index (κ2) is 10.5. The van der Waals surface area contributed by atoms with Crippen LogP contribution in [-0.2, 0) is 4.74 Å². The lowest BCUT2D eigenvalue weighted by Crippen LogP contribution is -2.41. The van der Waals surface area contributed by atoms with Gasteiger partial charge >= 0.3 is 0 Å². The van der Waals surface area contributed by atoms with Crippen LogP contribution in [0.2, 0.25) is 10.0 Å². The Bertz CT molecular complexity index is 1360. The first-order valence-corrected chi connectivity index (χ1v) is 12.3. The molecule has 1 unspecified atom stereocenters. The van der Waals surface area contributed by atoms with Crippen LogP contribution in [0.15, 0.2) is 35.7 Å². The minimum atomic E-state index is -0.285. The molecule has 0 bridgehead atoms. The maximum absolute atomic E-state index is 8.93. The number of azide groups is 1. The van der Waals surface area contributed by atoms with Gasteiger partial charge in [0.2, 0.25) is 5.95 Å². The van der Waals surface area contributed by atoms with E-state index in [1.807, 2.05) is 24.0 Å². The van der Waals surface area contributed by atoms with Crippen LogP contribution in [0, 0.1) is 0 Å². The number of nitrogens with zero attached hydrogens (tertiary/aromatic N) is 7. The number of hydrogen-bond acceptors (Lipinski definition) is 9. The smallest absolute Gasteiger partial charge is 0.223 e. The maximum Gasteiger partial charge on any atom is 0.223 e. The summed E-state index contributed by atoms with van der Waals surface area (Å²) in [5.41, 5.74) is 11.8. The highest BCUT2D eigenvalue weighted by Crippen LogP contribution is 2.54. The standard InChI is InChI=1S/C24H24Cl2N8O3/c1-12-14-10-29-24(30-16-11-37-8-6-15(16)32-33-27)31-21(14)13-5-4-7-28-23(13)34(12)22-19(25)17(35-2)9-18(36-3)20(22)26/h4-5,7,9-10,12,15-16H,6,8,11H2,1-3H3,(H,29,30,31)/t12?,15-,16+/m0/s1. The van der Waals surface area contributed by atoms with E-state index in [9.17, 15) is 0 Å². The molecule has 2 aliphatic heterocycles. The van der Waals surface area contributed by atoms with E-state index in [0.717, 1.165) is 16.8 Å². The monoisotopic (exact) mass is 542 g/mol. The van der Waals surface area contributed by atoms with Gasteiger partial charge in [-0.25, -0.2) is 15.0 Å². The largest absolute Gasteiger partial charge is 0.495 e. The summed E-state index contributed by atoms with van der Waals surface area (Å²) >= 11 is 13.6. The summed E-state index contributed by atoms with van der Waals surface area (Å²) in [4.78, 5) is 19.0. The van der Waals surface area contributed by atoms with E-state index in [0.29, 0.717) is 58.6 Å². The lowest BCUT2D eigenvalue weighted by molar-refractivity contribution is 0.0767. The molecule has 1 N–H and O–H groups in total. The molecule has 2 aromatic heterocycles. The van der Waals surface area contributed by atoms with Crippen LogP contribution >= 0.6 is 23.2 Å². The van der Waals surface area contributed by atoms with Crippen molar-refractivity contribution in [3.05, 3.63) is 56.6 Å². The molecule has 0 saturated carbocycles. The maximum atomic E-state index is 8.93. The van der Waals surface area contributed by atoms with Gasteiger partial charge in [0.05, 0.1) is 50.3 Å². The minimum absolute atomic E-state index is 0.240. The highest BCUT2D eigenvalue weighted by molar-refractivity contribution is 6.41. The van der Waals surface area contributed by atoms with E-state index < -0.39 is 0 Å². The molecular weight excluding hydrogens is 519 g/mol. The van der Waals surface area contributed by atoms with Crippen LogP contribution in [0.4, 0.5) is 17.5 Å². The third-order valence-electron chi connectivity index (χ3n) is 6.55. The molecule has 11 nitrogen and oxygen atoms in total. The minimum Gasteiger partial charge on any atom is -0.495 e. The SMILES string of the molecule is COc1cc(OC)c(Cl)c(N2c3ncccc3-c3nc(N[C@@H]4COCC[C@@H]4N=[N+]=[N-])ncc3C2C)c1Cl. The third kappa shape index (κ3) is 4.44. The van der Waals surface area contributed by atoms with Crippen LogP contribution in [0.3, 0.4) is 0 Å². The molecular formula is C24H24Cl2N8O3. The Morgan fingerprint density at radius 2 is 1.97 bits per heavy atom. The third-order valence-corrected chi connectivity index (χ3v) is 7.28. The number of pyridine rings is 1. The summed E-state index contributed by atoms with van der Waals surface area (Å²) < 4.78 is 16.6. The van der Waals surface area contributed by atoms with Crippen molar-refractivity contribution in [1.82, 2.24) is 15.0 Å². The van der Waals surface area contributed by atoms with Crippen molar-refractivity contribution in [3.8, 4) is 22.8 Å². The molecule has 1 aromatic carbocycles. The summed E-state index contributed by atoms with van der Waals surface area (Å²) in [5, 5.41) is 7.85. The van der Waals surface area contributed by atoms with Crippen molar-refractivity contribution < 1.29 is 14.2 Å². The van der Waals surface area contributed by atoms with E-state index in [1.54, 1.807) is 18.5 Å². The Morgan fingerprint density at radius 3 is 2.68 bits per heavy atom. The molecule has 3 atom stereocenters. The molecule has 1 saturated heterocycles. The van der Waals surface area contributed by atoms with E-state index >= 15 is 0 Å². The van der Waals surface area contributed by atoms with Gasteiger partial charge in [0, 0.05) is 41.1 Å². The number of benzene rings is 1. The molecule has 0 aliphatic carbocycles. The molecule has 5 rings (SSSR count). The zero-order valence-electron chi connectivity index (χ0n) is 20.4. The number of methoxy groups -OCH3 is 2. The topological polar surface area (TPSA) is 130 Å². The molecule has 1 fully saturated rings. The summed E-state index contributed by atoms with van der Waals surface area (Å²) in [5.74, 6) is 1.88. The fraction of sp³-hybridized carbons (Fsp3) is 0.375. The van der Waals surface area contributed by atoms with Crippen molar-refractivity contribution in [2.45, 2.75) is 31.5 Å². The molecule has 0 amide bonds. The summed E-state index contributed by atoms with van der Waals surface area (Å²) in [7, 11) is 3.07. The highest BCUT2D eigenvalue weighted by atomic mass is 35.5. The van der Waals surface area contributed by atoms with E-state index in [-0.39, 0.29) is 18.1 Å². The van der Waals surface area contributed by atoms with Crippen molar-refractivity contribution in [2.75, 3.05) is 37.7 Å². The van der Waals surface area contributed by atoms with Crippen LogP contribution < -0.4 is 19.7 Å². The van der Waals surface area contributed by atoms with Gasteiger partial charge in [-0.05, 0) is 31.0 Å². The molecule has 192 valence electrons. The van der Waals surface area contributed by atoms with Crippen LogP contribution in [-0.4, -0.2) is 54.5 Å². The van der Waals surface area contributed by atoms with Crippen molar-refractivity contribution >= 4 is 40.7 Å². The van der Waals surface area contributed by atoms with Gasteiger partial charge < -0.3 is 24.4 Å². The Labute approximate surface area is 223 Å². The number of fused-ring (bicyclic) bond motifs is 3. The number of hydrogen-bond donors (Lipinski definition) is 1. The number of halogens is 2. The lowest BCUT2D eigenvalue weighted by Gasteiger charge is -2.38. The highest BCUT2D eigenvalue weighted by Gasteiger charge is 2.36. The first kappa shape index (κ1) is 25.2. The van der Waals surface area contributed by atoms with Gasteiger partial charge in [-0.15, -0.1) is 0 Å². The molecule has 0 spiro atoms. The summed E-state index contributed by atoms with van der Waals surface area (Å²) in [6, 6.07) is 4.64. The van der Waals surface area contributed by atoms with Crippen LogP contribution in [0.5, 0.6) is 11.5 Å². The second-order valence-electron chi connectivity index (χ2n) is 8.56. The van der Waals surface area contributed by atoms with Gasteiger partial charge in [0.15, 0.2) is 0 Å². The van der Waals surface area contributed by atoms with Gasteiger partial charge in [0.25, 0.3) is 0 Å². The molecule has 0 radical (unpaired) electrons. The summed E-state index contributed by atoms with van der Waals surface area (Å²) in [6.45, 7) is 2.93. The molecule has 37 heavy (non-hydrogen) atoms. The van der Waals surface area contributed by atoms with Crippen LogP contribution in [0.1, 0.15) is 24.9 Å². The Kier molecular flexibility index (Phi) is 7.12. The zero-order chi connectivity index (χ0) is 26.1. The average Bonchev–Trinajstić information content (AvgIpc) is 2.92. The van der Waals surface area contributed by atoms with E-state index in [1.165, 1.54) is 14.2 Å². The van der Waals surface area contributed by atoms with Gasteiger partial charge in [-0.1, -0.05) is 28.3 Å². The number of nitrogens with one attached hydrogen (secondary N) is 1. The first-order valence-electron chi connectivity index (χ1n) is 11.6. The number of anilines is 3. The van der Waals surface area contributed by atoms with Crippen molar-refractivity contribution in [3.63, 3.8) is 0 Å².